The molecule has 0 amide bonds. The molecule has 2 bridgehead atoms. The lowest BCUT2D eigenvalue weighted by atomic mass is 9.97. The minimum Gasteiger partial charge on any atom is -0.357 e. The van der Waals surface area contributed by atoms with E-state index in [1.54, 1.807) is 0 Å². The van der Waals surface area contributed by atoms with E-state index >= 15 is 0 Å². The second-order valence-electron chi connectivity index (χ2n) is 3.79. The van der Waals surface area contributed by atoms with Crippen molar-refractivity contribution in [2.45, 2.75) is 18.6 Å². The number of rotatable bonds is 0. The van der Waals surface area contributed by atoms with Gasteiger partial charge in [0.25, 0.3) is 0 Å². The molecule has 4 rings (SSSR count). The van der Waals surface area contributed by atoms with Crippen LogP contribution in [0.25, 0.3) is 0 Å². The fourth-order valence-corrected chi connectivity index (χ4v) is 2.29. The van der Waals surface area contributed by atoms with E-state index < -0.39 is 0 Å². The first-order chi connectivity index (χ1) is 5.92. The van der Waals surface area contributed by atoms with Crippen LogP contribution in [0.4, 0.5) is 0 Å². The summed E-state index contributed by atoms with van der Waals surface area (Å²) in [6, 6.07) is 4.64. The fourth-order valence-electron chi connectivity index (χ4n) is 2.29. The molecule has 3 aliphatic rings. The molecule has 1 heteroatoms. The van der Waals surface area contributed by atoms with Crippen LogP contribution < -0.4 is 0 Å². The Morgan fingerprint density at radius 2 is 1.58 bits per heavy atom. The molecule has 12 heavy (non-hydrogen) atoms. The number of hydrogen-bond donors (Lipinski definition) is 0. The number of ether oxygens (including phenoxy) is 1. The Bertz CT molecular complexity index is 380. The summed E-state index contributed by atoms with van der Waals surface area (Å²) in [4.78, 5) is 0. The van der Waals surface area contributed by atoms with E-state index in [1.807, 2.05) is 0 Å². The van der Waals surface area contributed by atoms with Crippen LogP contribution in [-0.2, 0) is 11.2 Å². The first-order valence-electron chi connectivity index (χ1n) is 4.41. The summed E-state index contributed by atoms with van der Waals surface area (Å²) >= 11 is 0. The van der Waals surface area contributed by atoms with Crippen LogP contribution in [0.5, 0.6) is 0 Å². The van der Waals surface area contributed by atoms with Gasteiger partial charge in [0, 0.05) is 0 Å². The second kappa shape index (κ2) is 1.50. The Kier molecular flexibility index (Phi) is 0.694. The molecule has 1 aromatic rings. The summed E-state index contributed by atoms with van der Waals surface area (Å²) in [6.07, 6.45) is 6.10. The molecule has 0 fully saturated rings. The molecule has 0 saturated heterocycles. The van der Waals surface area contributed by atoms with Crippen LogP contribution in [0, 0.1) is 0 Å². The molecule has 0 radical (unpaired) electrons. The zero-order chi connectivity index (χ0) is 7.71. The third kappa shape index (κ3) is 0.486. The molecule has 1 nitrogen and oxygen atoms in total. The third-order valence-electron chi connectivity index (χ3n) is 3.03. The normalized spacial score (nSPS) is 32.0. The quantitative estimate of drug-likeness (QED) is 0.532. The van der Waals surface area contributed by atoms with Gasteiger partial charge in [-0.25, -0.2) is 0 Å². The van der Waals surface area contributed by atoms with Gasteiger partial charge in [-0.2, -0.15) is 0 Å². The van der Waals surface area contributed by atoms with Gasteiger partial charge in [-0.05, 0) is 28.7 Å². The minimum atomic E-state index is 0.274. The Morgan fingerprint density at radius 1 is 1.00 bits per heavy atom. The van der Waals surface area contributed by atoms with Crippen molar-refractivity contribution in [3.8, 4) is 0 Å². The predicted molar refractivity (Wildman–Crippen MR) is 45.0 cm³/mol. The van der Waals surface area contributed by atoms with Crippen molar-refractivity contribution in [1.82, 2.24) is 0 Å². The number of benzene rings is 1. The molecule has 0 spiro atoms. The van der Waals surface area contributed by atoms with Crippen molar-refractivity contribution in [1.29, 1.82) is 0 Å². The Labute approximate surface area is 70.7 Å². The van der Waals surface area contributed by atoms with Gasteiger partial charge in [-0.1, -0.05) is 24.3 Å². The Hall–Kier alpha value is -1.08. The molecular formula is C11H8O. The molecule has 58 valence electrons. The molecule has 2 atom stereocenters. The molecule has 2 heterocycles. The van der Waals surface area contributed by atoms with E-state index in [0.717, 1.165) is 0 Å². The third-order valence-corrected chi connectivity index (χ3v) is 3.03. The molecular weight excluding hydrogens is 148 g/mol. The van der Waals surface area contributed by atoms with Crippen molar-refractivity contribution in [2.75, 3.05) is 0 Å². The average Bonchev–Trinajstić information content (AvgIpc) is 2.57. The molecule has 1 aliphatic carbocycles. The van der Waals surface area contributed by atoms with Crippen LogP contribution in [0.1, 0.15) is 34.5 Å². The van der Waals surface area contributed by atoms with Gasteiger partial charge in [0.05, 0.1) is 0 Å². The van der Waals surface area contributed by atoms with E-state index in [1.165, 1.54) is 28.7 Å². The lowest BCUT2D eigenvalue weighted by Crippen LogP contribution is -1.90. The van der Waals surface area contributed by atoms with Gasteiger partial charge < -0.3 is 4.74 Å². The summed E-state index contributed by atoms with van der Waals surface area (Å²) in [7, 11) is 0. The van der Waals surface area contributed by atoms with Crippen molar-refractivity contribution in [2.24, 2.45) is 0 Å². The predicted octanol–water partition coefficient (Wildman–Crippen LogP) is 2.27. The van der Waals surface area contributed by atoms with Crippen LogP contribution in [0.2, 0.25) is 0 Å². The van der Waals surface area contributed by atoms with Crippen LogP contribution in [0.3, 0.4) is 0 Å². The second-order valence-corrected chi connectivity index (χ2v) is 3.79. The highest BCUT2D eigenvalue weighted by Gasteiger charge is 2.36. The molecule has 2 unspecified atom stereocenters. The topological polar surface area (TPSA) is 9.23 Å². The summed E-state index contributed by atoms with van der Waals surface area (Å²) < 4.78 is 5.71. The molecule has 1 aromatic carbocycles. The summed E-state index contributed by atoms with van der Waals surface area (Å²) in [5, 5.41) is 0. The van der Waals surface area contributed by atoms with Gasteiger partial charge in [-0.15, -0.1) is 0 Å². The van der Waals surface area contributed by atoms with Crippen LogP contribution in [-0.4, -0.2) is 0 Å². The molecule has 0 saturated carbocycles. The SMILES string of the molecule is C1=CC2OC1c1cc3c(cc12)C3. The zero-order valence-electron chi connectivity index (χ0n) is 6.58. The number of hydrogen-bond acceptors (Lipinski definition) is 1. The highest BCUT2D eigenvalue weighted by atomic mass is 16.5. The van der Waals surface area contributed by atoms with E-state index in [4.69, 9.17) is 4.74 Å². The largest absolute Gasteiger partial charge is 0.357 e. The lowest BCUT2D eigenvalue weighted by molar-refractivity contribution is 0.0878. The molecule has 2 aliphatic heterocycles. The van der Waals surface area contributed by atoms with Gasteiger partial charge >= 0.3 is 0 Å². The van der Waals surface area contributed by atoms with Gasteiger partial charge in [0.2, 0.25) is 0 Å². The highest BCUT2D eigenvalue weighted by Crippen LogP contribution is 2.48. The van der Waals surface area contributed by atoms with E-state index in [9.17, 15) is 0 Å². The van der Waals surface area contributed by atoms with E-state index in [2.05, 4.69) is 24.3 Å². The van der Waals surface area contributed by atoms with Crippen molar-refractivity contribution in [3.05, 3.63) is 46.5 Å². The van der Waals surface area contributed by atoms with Crippen molar-refractivity contribution < 1.29 is 4.74 Å². The van der Waals surface area contributed by atoms with E-state index in [-0.39, 0.29) is 12.2 Å². The van der Waals surface area contributed by atoms with Crippen LogP contribution >= 0.6 is 0 Å². The fraction of sp³-hybridized carbons (Fsp3) is 0.273. The molecule has 0 N–H and O–H groups in total. The Balaban J connectivity index is 2.07. The highest BCUT2D eigenvalue weighted by molar-refractivity contribution is 5.55. The standard InChI is InChI=1S/C11H8O/c1-2-11-9-5-7-3-6(7)4-8(9)10(1)12-11/h1-2,4-5,10-11H,3H2. The van der Waals surface area contributed by atoms with E-state index in [0.29, 0.717) is 0 Å². The first-order valence-corrected chi connectivity index (χ1v) is 4.41. The average molecular weight is 156 g/mol. The monoisotopic (exact) mass is 156 g/mol. The first kappa shape index (κ1) is 5.55. The number of fused-ring (bicyclic) bond motifs is 6. The van der Waals surface area contributed by atoms with Crippen molar-refractivity contribution >= 4 is 0 Å². The summed E-state index contributed by atoms with van der Waals surface area (Å²) in [5.74, 6) is 0. The lowest BCUT2D eigenvalue weighted by Gasteiger charge is -2.03. The maximum Gasteiger partial charge on any atom is 0.102 e. The minimum absolute atomic E-state index is 0.274. The summed E-state index contributed by atoms with van der Waals surface area (Å²) in [5.41, 5.74) is 5.88. The molecule has 0 aromatic heterocycles. The smallest absolute Gasteiger partial charge is 0.102 e. The Morgan fingerprint density at radius 3 is 2.17 bits per heavy atom. The van der Waals surface area contributed by atoms with Crippen LogP contribution in [0.15, 0.2) is 24.3 Å². The zero-order valence-corrected chi connectivity index (χ0v) is 6.58. The van der Waals surface area contributed by atoms with Gasteiger partial charge in [0.15, 0.2) is 0 Å². The van der Waals surface area contributed by atoms with Crippen molar-refractivity contribution in [3.63, 3.8) is 0 Å². The maximum atomic E-state index is 5.71. The van der Waals surface area contributed by atoms with Gasteiger partial charge in [-0.3, -0.25) is 0 Å². The van der Waals surface area contributed by atoms with Gasteiger partial charge in [0.1, 0.15) is 12.2 Å². The maximum absolute atomic E-state index is 5.71. The summed E-state index contributed by atoms with van der Waals surface area (Å²) in [6.45, 7) is 0.